The van der Waals surface area contributed by atoms with Gasteiger partial charge >= 0.3 is 5.91 Å². The molecule has 0 fully saturated rings. The molecule has 158 valence electrons. The number of H-pyrrole nitrogens is 1. The summed E-state index contributed by atoms with van der Waals surface area (Å²) in [6, 6.07) is 20.7. The van der Waals surface area contributed by atoms with Gasteiger partial charge in [0.15, 0.2) is 12.3 Å². The maximum absolute atomic E-state index is 12.3. The molecule has 5 aromatic rings. The van der Waals surface area contributed by atoms with Crippen LogP contribution in [0.1, 0.15) is 0 Å². The number of aromatic hydroxyl groups is 1. The van der Waals surface area contributed by atoms with E-state index in [2.05, 4.69) is 36.1 Å². The molecule has 0 aliphatic rings. The number of para-hydroxylation sites is 2. The number of aromatic amines is 1. The Morgan fingerprint density at radius 2 is 1.94 bits per heavy atom. The highest BCUT2D eigenvalue weighted by molar-refractivity contribution is 9.10. The molecule has 2 heterocycles. The molecule has 9 heteroatoms. The number of aromatic nitrogens is 2. The molecular formula is C23H15BrN4O3S. The third-order valence-corrected chi connectivity index (χ3v) is 6.30. The van der Waals surface area contributed by atoms with Crippen LogP contribution in [0.4, 0.5) is 5.69 Å². The van der Waals surface area contributed by atoms with Crippen LogP contribution < -0.4 is 4.74 Å². The summed E-state index contributed by atoms with van der Waals surface area (Å²) in [6.45, 7) is -0.293. The highest BCUT2D eigenvalue weighted by Gasteiger charge is 2.14. The van der Waals surface area contributed by atoms with E-state index in [4.69, 9.17) is 4.74 Å². The summed E-state index contributed by atoms with van der Waals surface area (Å²) in [5.74, 6) is -0.196. The van der Waals surface area contributed by atoms with Crippen LogP contribution in [0.2, 0.25) is 0 Å². The molecule has 0 saturated heterocycles. The molecule has 5 rings (SSSR count). The number of nitrogens with zero attached hydrogens (tertiary/aromatic N) is 3. The Balaban J connectivity index is 1.34. The minimum absolute atomic E-state index is 0.156. The minimum atomic E-state index is -0.576. The van der Waals surface area contributed by atoms with E-state index < -0.39 is 5.91 Å². The van der Waals surface area contributed by atoms with E-state index in [0.29, 0.717) is 16.7 Å². The predicted octanol–water partition coefficient (Wildman–Crippen LogP) is 6.60. The van der Waals surface area contributed by atoms with Crippen LogP contribution in [0.15, 0.2) is 81.4 Å². The second-order valence-electron chi connectivity index (χ2n) is 6.88. The van der Waals surface area contributed by atoms with Crippen molar-refractivity contribution in [2.75, 3.05) is 6.61 Å². The Morgan fingerprint density at radius 1 is 1.12 bits per heavy atom. The van der Waals surface area contributed by atoms with E-state index >= 15 is 0 Å². The van der Waals surface area contributed by atoms with Crippen molar-refractivity contribution in [1.29, 1.82) is 0 Å². The van der Waals surface area contributed by atoms with Gasteiger partial charge in [0, 0.05) is 9.86 Å². The van der Waals surface area contributed by atoms with Gasteiger partial charge in [-0.2, -0.15) is 0 Å². The molecule has 3 aromatic carbocycles. The number of thiazole rings is 1. The number of ether oxygens (including phenoxy) is 1. The second kappa shape index (κ2) is 8.52. The van der Waals surface area contributed by atoms with Gasteiger partial charge in [0.2, 0.25) is 5.88 Å². The van der Waals surface area contributed by atoms with Crippen LogP contribution in [-0.4, -0.2) is 27.6 Å². The zero-order valence-corrected chi connectivity index (χ0v) is 18.9. The van der Waals surface area contributed by atoms with Gasteiger partial charge in [0.25, 0.3) is 0 Å². The third-order valence-electron chi connectivity index (χ3n) is 4.74. The van der Waals surface area contributed by atoms with Crippen LogP contribution in [0.5, 0.6) is 11.6 Å². The van der Waals surface area contributed by atoms with Gasteiger partial charge in [-0.3, -0.25) is 4.79 Å². The minimum Gasteiger partial charge on any atom is -0.493 e. The number of carbonyl (C=O) groups excluding carboxylic acids is 1. The van der Waals surface area contributed by atoms with Crippen LogP contribution in [0.3, 0.4) is 0 Å². The summed E-state index contributed by atoms with van der Waals surface area (Å²) in [7, 11) is 0. The topological polar surface area (TPSA) is 99.9 Å². The summed E-state index contributed by atoms with van der Waals surface area (Å²) in [6.07, 6.45) is 0. The summed E-state index contributed by atoms with van der Waals surface area (Å²) in [5.41, 5.74) is 2.60. The average Bonchev–Trinajstić information content (AvgIpc) is 3.36. The first-order chi connectivity index (χ1) is 15.6. The fourth-order valence-corrected chi connectivity index (χ4v) is 4.62. The molecule has 2 aromatic heterocycles. The summed E-state index contributed by atoms with van der Waals surface area (Å²) in [5, 5.41) is 19.2. The molecule has 0 bridgehead atoms. The highest BCUT2D eigenvalue weighted by Crippen LogP contribution is 2.37. The van der Waals surface area contributed by atoms with Crippen molar-refractivity contribution in [2.24, 2.45) is 10.2 Å². The fourth-order valence-electron chi connectivity index (χ4n) is 3.27. The third kappa shape index (κ3) is 4.00. The SMILES string of the molecule is O=C(COc1ccccc1-c1nc2ccccc2s1)N=Nc1c(O)[nH]c2ccc(Br)cc12. The first kappa shape index (κ1) is 20.3. The lowest BCUT2D eigenvalue weighted by molar-refractivity contribution is -0.120. The molecule has 7 nitrogen and oxygen atoms in total. The standard InChI is InChI=1S/C23H15BrN4O3S/c24-13-9-10-16-15(11-13)21(22(30)25-16)28-27-20(29)12-31-18-7-3-1-5-14(18)23-26-17-6-2-4-8-19(17)32-23/h1-11,25,30H,12H2. The molecule has 2 N–H and O–H groups in total. The van der Waals surface area contributed by atoms with E-state index in [-0.39, 0.29) is 18.2 Å². The quantitative estimate of drug-likeness (QED) is 0.262. The van der Waals surface area contributed by atoms with Crippen molar-refractivity contribution in [2.45, 2.75) is 0 Å². The number of hydrogen-bond acceptors (Lipinski definition) is 6. The fraction of sp³-hybridized carbons (Fsp3) is 0.0435. The number of hydrogen-bond donors (Lipinski definition) is 2. The van der Waals surface area contributed by atoms with Crippen LogP contribution in [0.25, 0.3) is 31.7 Å². The Morgan fingerprint density at radius 3 is 2.81 bits per heavy atom. The Labute approximate surface area is 194 Å². The lowest BCUT2D eigenvalue weighted by atomic mass is 10.2. The van der Waals surface area contributed by atoms with E-state index in [1.165, 1.54) is 0 Å². The maximum Gasteiger partial charge on any atom is 0.302 e. The molecule has 0 unspecified atom stereocenters. The number of amides is 1. The first-order valence-corrected chi connectivity index (χ1v) is 11.2. The normalized spacial score (nSPS) is 11.5. The molecule has 32 heavy (non-hydrogen) atoms. The zero-order chi connectivity index (χ0) is 22.1. The molecule has 0 radical (unpaired) electrons. The second-order valence-corrected chi connectivity index (χ2v) is 8.82. The van der Waals surface area contributed by atoms with Crippen molar-refractivity contribution in [3.05, 3.63) is 71.2 Å². The number of fused-ring (bicyclic) bond motifs is 2. The van der Waals surface area contributed by atoms with Crippen molar-refractivity contribution < 1.29 is 14.6 Å². The van der Waals surface area contributed by atoms with E-state index in [0.717, 1.165) is 25.3 Å². The highest BCUT2D eigenvalue weighted by atomic mass is 79.9. The Hall–Kier alpha value is -3.56. The molecule has 0 aliphatic carbocycles. The Kier molecular flexibility index (Phi) is 5.42. The number of carbonyl (C=O) groups is 1. The molecular weight excluding hydrogens is 492 g/mol. The smallest absolute Gasteiger partial charge is 0.302 e. The van der Waals surface area contributed by atoms with Crippen LogP contribution >= 0.6 is 27.3 Å². The maximum atomic E-state index is 12.3. The zero-order valence-electron chi connectivity index (χ0n) is 16.4. The monoisotopic (exact) mass is 506 g/mol. The van der Waals surface area contributed by atoms with Crippen molar-refractivity contribution in [3.8, 4) is 22.2 Å². The summed E-state index contributed by atoms with van der Waals surface area (Å²) < 4.78 is 7.64. The van der Waals surface area contributed by atoms with Gasteiger partial charge < -0.3 is 14.8 Å². The van der Waals surface area contributed by atoms with Gasteiger partial charge in [-0.1, -0.05) is 40.2 Å². The van der Waals surface area contributed by atoms with E-state index in [1.807, 2.05) is 48.5 Å². The van der Waals surface area contributed by atoms with Gasteiger partial charge in [0.1, 0.15) is 10.8 Å². The number of benzene rings is 3. The summed E-state index contributed by atoms with van der Waals surface area (Å²) in [4.78, 5) is 19.8. The van der Waals surface area contributed by atoms with E-state index in [1.54, 1.807) is 29.5 Å². The van der Waals surface area contributed by atoms with Crippen molar-refractivity contribution >= 4 is 60.0 Å². The van der Waals surface area contributed by atoms with E-state index in [9.17, 15) is 9.90 Å². The van der Waals surface area contributed by atoms with Crippen molar-refractivity contribution in [3.63, 3.8) is 0 Å². The lowest BCUT2D eigenvalue weighted by Gasteiger charge is -2.07. The molecule has 1 amide bonds. The number of halogens is 1. The molecule has 0 atom stereocenters. The average molecular weight is 507 g/mol. The lowest BCUT2D eigenvalue weighted by Crippen LogP contribution is -2.08. The molecule has 0 spiro atoms. The first-order valence-electron chi connectivity index (χ1n) is 9.61. The molecule has 0 aliphatic heterocycles. The molecule has 0 saturated carbocycles. The largest absolute Gasteiger partial charge is 0.493 e. The number of rotatable bonds is 5. The van der Waals surface area contributed by atoms with Crippen LogP contribution in [0, 0.1) is 0 Å². The van der Waals surface area contributed by atoms with Gasteiger partial charge in [0.05, 0.1) is 21.3 Å². The Bertz CT molecular complexity index is 1460. The van der Waals surface area contributed by atoms with Gasteiger partial charge in [-0.15, -0.1) is 21.6 Å². The van der Waals surface area contributed by atoms with Crippen molar-refractivity contribution in [1.82, 2.24) is 9.97 Å². The van der Waals surface area contributed by atoms with Gasteiger partial charge in [-0.05, 0) is 42.5 Å². The number of azo groups is 1. The number of nitrogens with one attached hydrogen (secondary N) is 1. The summed E-state index contributed by atoms with van der Waals surface area (Å²) >= 11 is 4.94. The predicted molar refractivity (Wildman–Crippen MR) is 128 cm³/mol. The van der Waals surface area contributed by atoms with Crippen LogP contribution in [-0.2, 0) is 4.79 Å². The van der Waals surface area contributed by atoms with Gasteiger partial charge in [-0.25, -0.2) is 4.98 Å².